The second-order valence-electron chi connectivity index (χ2n) is 5.11. The standard InChI is InChI=1S/C12H18N4/c1-15(2)12-6-13-5-11(14-12)10-8-16-4-3-9(10)7-16/h5-6,9-10H,3-4,7-8H2,1-2H3/t9-,10+/m1/s1. The van der Waals surface area contributed by atoms with Crippen molar-refractivity contribution in [3.63, 3.8) is 0 Å². The Morgan fingerprint density at radius 3 is 2.81 bits per heavy atom. The van der Waals surface area contributed by atoms with Crippen LogP contribution in [0.1, 0.15) is 18.0 Å². The van der Waals surface area contributed by atoms with E-state index in [4.69, 9.17) is 4.98 Å². The fourth-order valence-corrected chi connectivity index (χ4v) is 2.88. The van der Waals surface area contributed by atoms with Gasteiger partial charge in [0.15, 0.2) is 0 Å². The predicted octanol–water partition coefficient (Wildman–Crippen LogP) is 0.962. The van der Waals surface area contributed by atoms with Crippen molar-refractivity contribution in [1.82, 2.24) is 14.9 Å². The van der Waals surface area contributed by atoms with E-state index >= 15 is 0 Å². The number of fused-ring (bicyclic) bond motifs is 2. The molecule has 1 aromatic rings. The van der Waals surface area contributed by atoms with E-state index in [2.05, 4.69) is 9.88 Å². The number of aromatic nitrogens is 2. The van der Waals surface area contributed by atoms with Crippen molar-refractivity contribution >= 4 is 5.82 Å². The van der Waals surface area contributed by atoms with Crippen molar-refractivity contribution in [2.45, 2.75) is 12.3 Å². The maximum absolute atomic E-state index is 4.71. The van der Waals surface area contributed by atoms with Crippen LogP contribution in [0, 0.1) is 5.92 Å². The summed E-state index contributed by atoms with van der Waals surface area (Å²) in [5.74, 6) is 2.39. The second kappa shape index (κ2) is 3.70. The largest absolute Gasteiger partial charge is 0.361 e. The normalized spacial score (nSPS) is 32.0. The molecule has 2 aliphatic rings. The number of nitrogens with zero attached hydrogens (tertiary/aromatic N) is 4. The minimum Gasteiger partial charge on any atom is -0.361 e. The van der Waals surface area contributed by atoms with E-state index in [9.17, 15) is 0 Å². The molecule has 1 unspecified atom stereocenters. The van der Waals surface area contributed by atoms with Gasteiger partial charge in [-0.15, -0.1) is 0 Å². The summed E-state index contributed by atoms with van der Waals surface area (Å²) in [5, 5.41) is 0. The highest BCUT2D eigenvalue weighted by atomic mass is 15.2. The Morgan fingerprint density at radius 1 is 1.31 bits per heavy atom. The molecule has 3 atom stereocenters. The maximum atomic E-state index is 4.71. The zero-order valence-corrected chi connectivity index (χ0v) is 9.93. The van der Waals surface area contributed by atoms with Crippen molar-refractivity contribution in [2.75, 3.05) is 38.6 Å². The van der Waals surface area contributed by atoms with Crippen LogP contribution in [0.15, 0.2) is 12.4 Å². The summed E-state index contributed by atoms with van der Waals surface area (Å²) in [6.07, 6.45) is 5.11. The second-order valence-corrected chi connectivity index (χ2v) is 5.11. The van der Waals surface area contributed by atoms with Crippen molar-refractivity contribution in [3.05, 3.63) is 18.1 Å². The summed E-state index contributed by atoms with van der Waals surface area (Å²) < 4.78 is 0. The minimum absolute atomic E-state index is 0.612. The molecule has 2 saturated heterocycles. The molecule has 86 valence electrons. The Morgan fingerprint density at radius 2 is 2.19 bits per heavy atom. The van der Waals surface area contributed by atoms with E-state index in [-0.39, 0.29) is 0 Å². The van der Waals surface area contributed by atoms with Crippen molar-refractivity contribution in [1.29, 1.82) is 0 Å². The van der Waals surface area contributed by atoms with Crippen LogP contribution in [0.2, 0.25) is 0 Å². The molecule has 2 bridgehead atoms. The van der Waals surface area contributed by atoms with Gasteiger partial charge < -0.3 is 9.80 Å². The molecule has 4 heteroatoms. The van der Waals surface area contributed by atoms with Crippen LogP contribution in [0.25, 0.3) is 0 Å². The average molecular weight is 218 g/mol. The summed E-state index contributed by atoms with van der Waals surface area (Å²) in [7, 11) is 4.02. The minimum atomic E-state index is 0.612. The van der Waals surface area contributed by atoms with Crippen molar-refractivity contribution in [2.24, 2.45) is 5.92 Å². The smallest absolute Gasteiger partial charge is 0.146 e. The third-order valence-electron chi connectivity index (χ3n) is 3.81. The van der Waals surface area contributed by atoms with E-state index in [1.165, 1.54) is 31.7 Å². The molecule has 0 radical (unpaired) electrons. The van der Waals surface area contributed by atoms with Crippen LogP contribution >= 0.6 is 0 Å². The Kier molecular flexibility index (Phi) is 2.32. The molecule has 3 heterocycles. The molecule has 3 rings (SSSR count). The van der Waals surface area contributed by atoms with Gasteiger partial charge in [-0.3, -0.25) is 4.98 Å². The highest BCUT2D eigenvalue weighted by Gasteiger charge is 2.39. The highest BCUT2D eigenvalue weighted by Crippen LogP contribution is 2.38. The fraction of sp³-hybridized carbons (Fsp3) is 0.667. The average Bonchev–Trinajstić information content (AvgIpc) is 2.91. The third-order valence-corrected chi connectivity index (χ3v) is 3.81. The summed E-state index contributed by atoms with van der Waals surface area (Å²) >= 11 is 0. The summed E-state index contributed by atoms with van der Waals surface area (Å²) in [4.78, 5) is 13.6. The molecule has 1 aromatic heterocycles. The quantitative estimate of drug-likeness (QED) is 0.740. The summed E-state index contributed by atoms with van der Waals surface area (Å²) in [5.41, 5.74) is 1.18. The molecule has 0 amide bonds. The van der Waals surface area contributed by atoms with Gasteiger partial charge in [0.2, 0.25) is 0 Å². The molecule has 0 N–H and O–H groups in total. The number of rotatable bonds is 2. The lowest BCUT2D eigenvalue weighted by Crippen LogP contribution is -2.23. The first-order valence-corrected chi connectivity index (χ1v) is 5.95. The topological polar surface area (TPSA) is 32.3 Å². The lowest BCUT2D eigenvalue weighted by Gasteiger charge is -2.22. The lowest BCUT2D eigenvalue weighted by atomic mass is 9.90. The van der Waals surface area contributed by atoms with Gasteiger partial charge >= 0.3 is 0 Å². The predicted molar refractivity (Wildman–Crippen MR) is 63.6 cm³/mol. The molecule has 2 aliphatic heterocycles. The van der Waals surface area contributed by atoms with Gasteiger partial charge in [-0.25, -0.2) is 4.98 Å². The number of piperidine rings is 1. The molecule has 16 heavy (non-hydrogen) atoms. The van der Waals surface area contributed by atoms with Gasteiger partial charge in [-0.2, -0.15) is 0 Å². The van der Waals surface area contributed by atoms with E-state index in [0.717, 1.165) is 11.7 Å². The van der Waals surface area contributed by atoms with Crippen LogP contribution in [0.4, 0.5) is 5.82 Å². The third kappa shape index (κ3) is 1.57. The Bertz CT molecular complexity index is 390. The molecule has 4 nitrogen and oxygen atoms in total. The van der Waals surface area contributed by atoms with Crippen LogP contribution in [-0.2, 0) is 0 Å². The molecule has 0 aromatic carbocycles. The number of hydrogen-bond acceptors (Lipinski definition) is 4. The lowest BCUT2D eigenvalue weighted by molar-refractivity contribution is 0.343. The molecule has 0 saturated carbocycles. The van der Waals surface area contributed by atoms with E-state index in [1.54, 1.807) is 0 Å². The van der Waals surface area contributed by atoms with Crippen LogP contribution in [-0.4, -0.2) is 48.6 Å². The van der Waals surface area contributed by atoms with Gasteiger partial charge in [0.25, 0.3) is 0 Å². The summed E-state index contributed by atoms with van der Waals surface area (Å²) in [6.45, 7) is 3.72. The number of anilines is 1. The van der Waals surface area contributed by atoms with Gasteiger partial charge in [0.1, 0.15) is 5.82 Å². The zero-order valence-electron chi connectivity index (χ0n) is 9.93. The van der Waals surface area contributed by atoms with E-state index in [0.29, 0.717) is 5.92 Å². The first kappa shape index (κ1) is 10.0. The first-order valence-electron chi connectivity index (χ1n) is 5.95. The Hall–Kier alpha value is -1.16. The van der Waals surface area contributed by atoms with Crippen LogP contribution in [0.5, 0.6) is 0 Å². The van der Waals surface area contributed by atoms with E-state index < -0.39 is 0 Å². The van der Waals surface area contributed by atoms with Crippen molar-refractivity contribution in [3.8, 4) is 0 Å². The Balaban J connectivity index is 1.86. The van der Waals surface area contributed by atoms with Gasteiger partial charge in [0, 0.05) is 39.3 Å². The molecule has 0 spiro atoms. The Labute approximate surface area is 96.3 Å². The SMILES string of the molecule is CN(C)c1cncc([C@H]2CN3CC[C@@H]2C3)n1. The summed E-state index contributed by atoms with van der Waals surface area (Å²) in [6, 6.07) is 0. The van der Waals surface area contributed by atoms with Crippen LogP contribution in [0.3, 0.4) is 0 Å². The fourth-order valence-electron chi connectivity index (χ4n) is 2.88. The van der Waals surface area contributed by atoms with Gasteiger partial charge in [-0.05, 0) is 18.9 Å². The maximum Gasteiger partial charge on any atom is 0.146 e. The van der Waals surface area contributed by atoms with Gasteiger partial charge in [-0.1, -0.05) is 0 Å². The molecular weight excluding hydrogens is 200 g/mol. The van der Waals surface area contributed by atoms with Crippen LogP contribution < -0.4 is 4.90 Å². The zero-order chi connectivity index (χ0) is 11.1. The first-order chi connectivity index (χ1) is 7.74. The van der Waals surface area contributed by atoms with Crippen molar-refractivity contribution < 1.29 is 0 Å². The molecule has 2 fully saturated rings. The van der Waals surface area contributed by atoms with E-state index in [1.807, 2.05) is 31.4 Å². The monoisotopic (exact) mass is 218 g/mol. The van der Waals surface area contributed by atoms with Gasteiger partial charge in [0.05, 0.1) is 11.9 Å². The highest BCUT2D eigenvalue weighted by molar-refractivity contribution is 5.34. The molecule has 0 aliphatic carbocycles. The molecular formula is C12H18N4. The number of hydrogen-bond donors (Lipinski definition) is 0.